The maximum absolute atomic E-state index is 5.83. The van der Waals surface area contributed by atoms with Gasteiger partial charge in [0.1, 0.15) is 12.4 Å². The highest BCUT2D eigenvalue weighted by Gasteiger charge is 2.18. The summed E-state index contributed by atoms with van der Waals surface area (Å²) in [5.74, 6) is 0. The monoisotopic (exact) mass is 346 g/mol. The van der Waals surface area contributed by atoms with Crippen LogP contribution in [-0.4, -0.2) is 47.9 Å². The Hall–Kier alpha value is -1.70. The topological polar surface area (TPSA) is 65.0 Å². The molecule has 0 aromatic carbocycles. The Morgan fingerprint density at radius 3 is 2.92 bits per heavy atom. The van der Waals surface area contributed by atoms with E-state index < -0.39 is 8.07 Å². The van der Waals surface area contributed by atoms with Gasteiger partial charge >= 0.3 is 0 Å². The Bertz CT molecular complexity index is 686. The summed E-state index contributed by atoms with van der Waals surface area (Å²) in [7, 11) is -1.06. The van der Waals surface area contributed by atoms with Gasteiger partial charge in [-0.15, -0.1) is 0 Å². The molecule has 0 spiro atoms. The molecule has 24 heavy (non-hydrogen) atoms. The molecule has 6 nitrogen and oxygen atoms in total. The van der Waals surface area contributed by atoms with Crippen LogP contribution in [0.3, 0.4) is 0 Å². The highest BCUT2D eigenvalue weighted by molar-refractivity contribution is 6.76. The maximum atomic E-state index is 5.83. The molecule has 0 unspecified atom stereocenters. The Balaban J connectivity index is 1.75. The molecular weight excluding hydrogens is 320 g/mol. The van der Waals surface area contributed by atoms with Crippen LogP contribution < -0.4 is 0 Å². The average molecular weight is 347 g/mol. The predicted octanol–water partition coefficient (Wildman–Crippen LogP) is 3.39. The molecule has 2 aromatic rings. The van der Waals surface area contributed by atoms with E-state index in [-0.39, 0.29) is 0 Å². The van der Waals surface area contributed by atoms with E-state index in [1.165, 1.54) is 5.57 Å². The summed E-state index contributed by atoms with van der Waals surface area (Å²) in [5, 5.41) is 11.6. The first-order valence-corrected chi connectivity index (χ1v) is 12.2. The quantitative estimate of drug-likeness (QED) is 0.616. The first-order chi connectivity index (χ1) is 11.5. The molecule has 0 aliphatic carbocycles. The summed E-state index contributed by atoms with van der Waals surface area (Å²) in [6.07, 6.45) is 8.90. The number of rotatable bonds is 7. The molecule has 0 saturated carbocycles. The van der Waals surface area contributed by atoms with Crippen molar-refractivity contribution in [3.05, 3.63) is 30.2 Å². The number of aromatic nitrogens is 4. The highest BCUT2D eigenvalue weighted by Crippen LogP contribution is 2.29. The number of hydrogen-bond acceptors (Lipinski definition) is 4. The fourth-order valence-electron chi connectivity index (χ4n) is 2.60. The molecule has 0 amide bonds. The zero-order chi connectivity index (χ0) is 17.0. The zero-order valence-electron chi connectivity index (χ0n) is 14.7. The van der Waals surface area contributed by atoms with Gasteiger partial charge in [0.25, 0.3) is 0 Å². The van der Waals surface area contributed by atoms with Gasteiger partial charge in [0.2, 0.25) is 0 Å². The van der Waals surface area contributed by atoms with Gasteiger partial charge in [0.05, 0.1) is 19.4 Å². The standard InChI is InChI=1S/C17H26N4O2Si/c1-24(2,3)8-7-23-13-21-11-16(14-5-4-6-22-12-14)17(20-21)15-9-18-19-10-15/h5,9-11H,4,6-8,12-13H2,1-3H3,(H,18,19). The van der Waals surface area contributed by atoms with E-state index in [9.17, 15) is 0 Å². The van der Waals surface area contributed by atoms with Crippen molar-refractivity contribution in [1.82, 2.24) is 20.0 Å². The fraction of sp³-hybridized carbons (Fsp3) is 0.529. The lowest BCUT2D eigenvalue weighted by Gasteiger charge is -2.15. The van der Waals surface area contributed by atoms with Crippen molar-refractivity contribution in [1.29, 1.82) is 0 Å². The zero-order valence-corrected chi connectivity index (χ0v) is 15.7. The second-order valence-electron chi connectivity index (χ2n) is 7.34. The first-order valence-electron chi connectivity index (χ1n) is 8.44. The molecule has 1 aliphatic heterocycles. The van der Waals surface area contributed by atoms with Gasteiger partial charge in [0.15, 0.2) is 0 Å². The Morgan fingerprint density at radius 2 is 2.25 bits per heavy atom. The van der Waals surface area contributed by atoms with Crippen molar-refractivity contribution in [2.45, 2.75) is 38.8 Å². The van der Waals surface area contributed by atoms with Gasteiger partial charge in [-0.3, -0.25) is 5.10 Å². The summed E-state index contributed by atoms with van der Waals surface area (Å²) >= 11 is 0. The largest absolute Gasteiger partial charge is 0.376 e. The van der Waals surface area contributed by atoms with E-state index in [0.717, 1.165) is 42.5 Å². The van der Waals surface area contributed by atoms with Crippen LogP contribution in [0.1, 0.15) is 12.0 Å². The normalized spacial score (nSPS) is 15.5. The van der Waals surface area contributed by atoms with Gasteiger partial charge in [-0.25, -0.2) is 4.68 Å². The molecule has 2 aromatic heterocycles. The van der Waals surface area contributed by atoms with Crippen LogP contribution in [0.4, 0.5) is 0 Å². The molecule has 3 rings (SSSR count). The summed E-state index contributed by atoms with van der Waals surface area (Å²) in [6, 6.07) is 1.16. The van der Waals surface area contributed by atoms with E-state index in [1.54, 1.807) is 6.20 Å². The van der Waals surface area contributed by atoms with Crippen LogP contribution in [-0.2, 0) is 16.2 Å². The van der Waals surface area contributed by atoms with Crippen LogP contribution in [0.2, 0.25) is 25.7 Å². The van der Waals surface area contributed by atoms with Crippen LogP contribution in [0.15, 0.2) is 24.7 Å². The Labute approximate surface area is 143 Å². The lowest BCUT2D eigenvalue weighted by Crippen LogP contribution is -2.22. The number of hydrogen-bond donors (Lipinski definition) is 1. The van der Waals surface area contributed by atoms with Gasteiger partial charge in [-0.1, -0.05) is 25.7 Å². The Morgan fingerprint density at radius 1 is 1.38 bits per heavy atom. The smallest absolute Gasteiger partial charge is 0.139 e. The lowest BCUT2D eigenvalue weighted by atomic mass is 10.0. The third kappa shape index (κ3) is 4.43. The molecule has 0 saturated heterocycles. The Kier molecular flexibility index (Phi) is 5.32. The van der Waals surface area contributed by atoms with Gasteiger partial charge in [-0.2, -0.15) is 10.2 Å². The van der Waals surface area contributed by atoms with Crippen molar-refractivity contribution >= 4 is 13.6 Å². The average Bonchev–Trinajstić information content (AvgIpc) is 3.21. The molecule has 130 valence electrons. The second-order valence-corrected chi connectivity index (χ2v) is 13.0. The number of nitrogens with zero attached hydrogens (tertiary/aromatic N) is 3. The summed E-state index contributed by atoms with van der Waals surface area (Å²) in [6.45, 7) is 9.76. The molecule has 0 radical (unpaired) electrons. The van der Waals surface area contributed by atoms with E-state index in [0.29, 0.717) is 13.3 Å². The highest BCUT2D eigenvalue weighted by atomic mass is 28.3. The minimum absolute atomic E-state index is 0.476. The molecule has 7 heteroatoms. The number of H-pyrrole nitrogens is 1. The van der Waals surface area contributed by atoms with E-state index in [4.69, 9.17) is 14.6 Å². The molecular formula is C17H26N4O2Si. The van der Waals surface area contributed by atoms with Crippen molar-refractivity contribution in [2.24, 2.45) is 0 Å². The number of ether oxygens (including phenoxy) is 2. The lowest BCUT2D eigenvalue weighted by molar-refractivity contribution is 0.0787. The third-order valence-electron chi connectivity index (χ3n) is 4.01. The van der Waals surface area contributed by atoms with E-state index in [1.807, 2.05) is 10.9 Å². The SMILES string of the molecule is C[Si](C)(C)CCOCn1cc(C2=CCCOC2)c(-c2cn[nH]c2)n1. The van der Waals surface area contributed by atoms with Gasteiger partial charge in [-0.05, 0) is 18.0 Å². The fourth-order valence-corrected chi connectivity index (χ4v) is 3.35. The summed E-state index contributed by atoms with van der Waals surface area (Å²) in [4.78, 5) is 0. The maximum Gasteiger partial charge on any atom is 0.139 e. The first kappa shape index (κ1) is 17.1. The van der Waals surface area contributed by atoms with Gasteiger partial charge in [0, 0.05) is 38.2 Å². The third-order valence-corrected chi connectivity index (χ3v) is 5.71. The molecule has 1 aliphatic rings. The van der Waals surface area contributed by atoms with Crippen molar-refractivity contribution < 1.29 is 9.47 Å². The van der Waals surface area contributed by atoms with Crippen molar-refractivity contribution in [3.63, 3.8) is 0 Å². The second kappa shape index (κ2) is 7.46. The molecule has 1 N–H and O–H groups in total. The van der Waals surface area contributed by atoms with Gasteiger partial charge < -0.3 is 9.47 Å². The molecule has 0 fully saturated rings. The van der Waals surface area contributed by atoms with Crippen LogP contribution in [0.25, 0.3) is 16.8 Å². The molecule has 0 bridgehead atoms. The summed E-state index contributed by atoms with van der Waals surface area (Å²) < 4.78 is 13.3. The predicted molar refractivity (Wildman–Crippen MR) is 97.3 cm³/mol. The number of nitrogens with one attached hydrogen (secondary N) is 1. The van der Waals surface area contributed by atoms with Crippen LogP contribution in [0.5, 0.6) is 0 Å². The van der Waals surface area contributed by atoms with E-state index in [2.05, 4.69) is 42.1 Å². The minimum Gasteiger partial charge on any atom is -0.376 e. The van der Waals surface area contributed by atoms with Crippen molar-refractivity contribution in [2.75, 3.05) is 19.8 Å². The van der Waals surface area contributed by atoms with E-state index >= 15 is 0 Å². The molecule has 3 heterocycles. The number of aromatic amines is 1. The van der Waals surface area contributed by atoms with Crippen molar-refractivity contribution in [3.8, 4) is 11.3 Å². The molecule has 0 atom stereocenters. The van der Waals surface area contributed by atoms with Crippen LogP contribution >= 0.6 is 0 Å². The minimum atomic E-state index is -1.06. The summed E-state index contributed by atoms with van der Waals surface area (Å²) in [5.41, 5.74) is 4.20. The van der Waals surface area contributed by atoms with Crippen LogP contribution in [0, 0.1) is 0 Å².